The van der Waals surface area contributed by atoms with Crippen LogP contribution in [0.3, 0.4) is 0 Å². The van der Waals surface area contributed by atoms with Crippen molar-refractivity contribution in [1.29, 1.82) is 0 Å². The van der Waals surface area contributed by atoms with Crippen LogP contribution in [0.15, 0.2) is 53.5 Å². The second-order valence-electron chi connectivity index (χ2n) is 7.81. The summed E-state index contributed by atoms with van der Waals surface area (Å²) in [5.74, 6) is 0.717. The highest BCUT2D eigenvalue weighted by atomic mass is 19.1. The highest BCUT2D eigenvalue weighted by molar-refractivity contribution is 5.94. The topological polar surface area (TPSA) is 51.2 Å². The van der Waals surface area contributed by atoms with Crippen molar-refractivity contribution >= 4 is 17.6 Å². The first-order valence-corrected chi connectivity index (χ1v) is 10.8. The molecule has 1 fully saturated rings. The monoisotopic (exact) mass is 425 g/mol. The second kappa shape index (κ2) is 10.8. The summed E-state index contributed by atoms with van der Waals surface area (Å²) >= 11 is 0. The molecule has 0 aromatic heterocycles. The van der Waals surface area contributed by atoms with Crippen molar-refractivity contribution in [2.45, 2.75) is 13.3 Å². The molecule has 1 heterocycles. The lowest BCUT2D eigenvalue weighted by atomic mass is 10.1. The summed E-state index contributed by atoms with van der Waals surface area (Å²) in [4.78, 5) is 22.9. The lowest BCUT2D eigenvalue weighted by Crippen LogP contribution is -2.52. The third-order valence-corrected chi connectivity index (χ3v) is 5.35. The van der Waals surface area contributed by atoms with Crippen molar-refractivity contribution < 1.29 is 9.18 Å². The summed E-state index contributed by atoms with van der Waals surface area (Å²) < 4.78 is 14.1. The van der Waals surface area contributed by atoms with Gasteiger partial charge in [-0.1, -0.05) is 24.3 Å². The molecular formula is C24H32FN5O. The normalized spacial score (nSPS) is 14.5. The number of nitrogens with zero attached hydrogens (tertiary/aromatic N) is 4. The fourth-order valence-electron chi connectivity index (χ4n) is 3.70. The molecule has 0 spiro atoms. The Morgan fingerprint density at radius 1 is 1.10 bits per heavy atom. The Bertz CT molecular complexity index is 906. The van der Waals surface area contributed by atoms with E-state index in [1.807, 2.05) is 36.4 Å². The number of hydrogen-bond donors (Lipinski definition) is 1. The van der Waals surface area contributed by atoms with Gasteiger partial charge in [0.05, 0.1) is 5.69 Å². The smallest absolute Gasteiger partial charge is 0.253 e. The number of carbonyl (C=O) groups excluding carboxylic acids is 1. The number of anilines is 1. The van der Waals surface area contributed by atoms with Gasteiger partial charge < -0.3 is 20.0 Å². The van der Waals surface area contributed by atoms with E-state index in [-0.39, 0.29) is 11.7 Å². The van der Waals surface area contributed by atoms with E-state index < -0.39 is 0 Å². The van der Waals surface area contributed by atoms with Gasteiger partial charge >= 0.3 is 0 Å². The fourth-order valence-corrected chi connectivity index (χ4v) is 3.70. The zero-order valence-electron chi connectivity index (χ0n) is 18.6. The standard InChI is InChI=1S/C24H32FN5O/c1-4-26-24(27-13-12-19-8-7-9-20(18-19)23(31)28(2)3)30-16-14-29(15-17-30)22-11-6-5-10-21(22)25/h5-11,18H,4,12-17H2,1-3H3,(H,26,27). The van der Waals surface area contributed by atoms with Gasteiger partial charge in [0, 0.05) is 58.9 Å². The lowest BCUT2D eigenvalue weighted by Gasteiger charge is -2.37. The van der Waals surface area contributed by atoms with Gasteiger partial charge in [0.15, 0.2) is 5.96 Å². The maximum atomic E-state index is 14.1. The van der Waals surface area contributed by atoms with Crippen LogP contribution in [0, 0.1) is 5.82 Å². The van der Waals surface area contributed by atoms with Crippen LogP contribution in [0.25, 0.3) is 0 Å². The molecule has 7 heteroatoms. The first-order chi connectivity index (χ1) is 15.0. The van der Waals surface area contributed by atoms with Crippen LogP contribution in [0.5, 0.6) is 0 Å². The molecule has 31 heavy (non-hydrogen) atoms. The number of nitrogens with one attached hydrogen (secondary N) is 1. The number of rotatable bonds is 6. The molecule has 0 atom stereocenters. The lowest BCUT2D eigenvalue weighted by molar-refractivity contribution is 0.0827. The van der Waals surface area contributed by atoms with Crippen LogP contribution in [0.4, 0.5) is 10.1 Å². The molecule has 6 nitrogen and oxygen atoms in total. The summed E-state index contributed by atoms with van der Waals surface area (Å²) in [5, 5.41) is 3.37. The predicted molar refractivity (Wildman–Crippen MR) is 124 cm³/mol. The van der Waals surface area contributed by atoms with Crippen molar-refractivity contribution in [2.75, 3.05) is 58.3 Å². The van der Waals surface area contributed by atoms with E-state index in [0.717, 1.165) is 50.7 Å². The molecule has 3 rings (SSSR count). The summed E-state index contributed by atoms with van der Waals surface area (Å²) in [6.07, 6.45) is 0.763. The van der Waals surface area contributed by atoms with E-state index in [0.29, 0.717) is 17.8 Å². The molecule has 2 aromatic rings. The highest BCUT2D eigenvalue weighted by Gasteiger charge is 2.21. The number of hydrogen-bond acceptors (Lipinski definition) is 3. The van der Waals surface area contributed by atoms with E-state index in [1.54, 1.807) is 25.1 Å². The van der Waals surface area contributed by atoms with Gasteiger partial charge in [-0.2, -0.15) is 0 Å². The summed E-state index contributed by atoms with van der Waals surface area (Å²) in [6, 6.07) is 14.7. The number of para-hydroxylation sites is 1. The number of benzene rings is 2. The molecule has 1 N–H and O–H groups in total. The van der Waals surface area contributed by atoms with Crippen molar-refractivity contribution in [1.82, 2.24) is 15.1 Å². The number of amides is 1. The average molecular weight is 426 g/mol. The minimum absolute atomic E-state index is 0.00594. The Labute approximate surface area is 184 Å². The van der Waals surface area contributed by atoms with Crippen molar-refractivity contribution in [3.63, 3.8) is 0 Å². The Hall–Kier alpha value is -3.09. The van der Waals surface area contributed by atoms with Gasteiger partial charge in [-0.15, -0.1) is 0 Å². The molecule has 1 aliphatic heterocycles. The van der Waals surface area contributed by atoms with E-state index in [9.17, 15) is 9.18 Å². The van der Waals surface area contributed by atoms with Crippen molar-refractivity contribution in [2.24, 2.45) is 4.99 Å². The Morgan fingerprint density at radius 3 is 2.52 bits per heavy atom. The number of guanidine groups is 1. The number of halogens is 1. The molecule has 1 aliphatic rings. The molecule has 0 unspecified atom stereocenters. The van der Waals surface area contributed by atoms with Gasteiger partial charge in [0.25, 0.3) is 5.91 Å². The molecule has 1 amide bonds. The van der Waals surface area contributed by atoms with E-state index in [4.69, 9.17) is 4.99 Å². The maximum absolute atomic E-state index is 14.1. The zero-order valence-corrected chi connectivity index (χ0v) is 18.6. The number of carbonyl (C=O) groups is 1. The van der Waals surface area contributed by atoms with Crippen molar-refractivity contribution in [3.05, 3.63) is 65.5 Å². The van der Waals surface area contributed by atoms with Gasteiger partial charge in [-0.3, -0.25) is 9.79 Å². The summed E-state index contributed by atoms with van der Waals surface area (Å²) in [7, 11) is 3.52. The van der Waals surface area contributed by atoms with Crippen LogP contribution in [-0.2, 0) is 6.42 Å². The van der Waals surface area contributed by atoms with Crippen LogP contribution < -0.4 is 10.2 Å². The molecule has 2 aromatic carbocycles. The first-order valence-electron chi connectivity index (χ1n) is 10.8. The quantitative estimate of drug-likeness (QED) is 0.571. The maximum Gasteiger partial charge on any atom is 0.253 e. The molecule has 0 saturated carbocycles. The van der Waals surface area contributed by atoms with E-state index >= 15 is 0 Å². The minimum atomic E-state index is -0.175. The Morgan fingerprint density at radius 2 is 1.84 bits per heavy atom. The molecule has 0 radical (unpaired) electrons. The summed E-state index contributed by atoms with van der Waals surface area (Å²) in [6.45, 7) is 6.55. The van der Waals surface area contributed by atoms with Crippen molar-refractivity contribution in [3.8, 4) is 0 Å². The number of aliphatic imine (C=N–C) groups is 1. The van der Waals surface area contributed by atoms with Gasteiger partial charge in [0.1, 0.15) is 5.82 Å². The molecule has 166 valence electrons. The van der Waals surface area contributed by atoms with Crippen LogP contribution in [-0.4, -0.2) is 75.0 Å². The highest BCUT2D eigenvalue weighted by Crippen LogP contribution is 2.20. The second-order valence-corrected chi connectivity index (χ2v) is 7.81. The zero-order chi connectivity index (χ0) is 22.2. The van der Waals surface area contributed by atoms with Gasteiger partial charge in [0.2, 0.25) is 0 Å². The molecule has 1 saturated heterocycles. The predicted octanol–water partition coefficient (Wildman–Crippen LogP) is 2.86. The molecular weight excluding hydrogens is 393 g/mol. The largest absolute Gasteiger partial charge is 0.366 e. The van der Waals surface area contributed by atoms with Crippen LogP contribution >= 0.6 is 0 Å². The summed E-state index contributed by atoms with van der Waals surface area (Å²) in [5.41, 5.74) is 2.45. The molecule has 0 aliphatic carbocycles. The SMILES string of the molecule is CCNC(=NCCc1cccc(C(=O)N(C)C)c1)N1CCN(c2ccccc2F)CC1. The fraction of sp³-hybridized carbons (Fsp3) is 0.417. The Balaban J connectivity index is 1.59. The third kappa shape index (κ3) is 5.96. The third-order valence-electron chi connectivity index (χ3n) is 5.35. The van der Waals surface area contributed by atoms with E-state index in [1.165, 1.54) is 6.07 Å². The van der Waals surface area contributed by atoms with Gasteiger partial charge in [-0.25, -0.2) is 4.39 Å². The average Bonchev–Trinajstić information content (AvgIpc) is 2.78. The van der Waals surface area contributed by atoms with Crippen LogP contribution in [0.1, 0.15) is 22.8 Å². The minimum Gasteiger partial charge on any atom is -0.366 e. The Kier molecular flexibility index (Phi) is 7.87. The first kappa shape index (κ1) is 22.6. The van der Waals surface area contributed by atoms with Gasteiger partial charge in [-0.05, 0) is 43.2 Å². The molecule has 0 bridgehead atoms. The number of piperazine rings is 1. The van der Waals surface area contributed by atoms with Crippen LogP contribution in [0.2, 0.25) is 0 Å². The van der Waals surface area contributed by atoms with E-state index in [2.05, 4.69) is 22.0 Å².